The lowest BCUT2D eigenvalue weighted by atomic mass is 9.85. The summed E-state index contributed by atoms with van der Waals surface area (Å²) in [6, 6.07) is 10.9. The Kier molecular flexibility index (Phi) is 5.04. The molecule has 0 radical (unpaired) electrons. The van der Waals surface area contributed by atoms with Gasteiger partial charge in [0, 0.05) is 23.0 Å². The van der Waals surface area contributed by atoms with Crippen molar-refractivity contribution >= 4 is 11.6 Å². The standard InChI is InChI=1S/C22H30N4O/c1-4-19-17(3)23-22-25(18-11-6-5-7-12-18)14-24(15-26(22)21(19)27)20-13-9-8-10-16(20)2/h5-7,11-12,16,20H,4,8-10,13-15H2,1-3H3. The first kappa shape index (κ1) is 18.2. The summed E-state index contributed by atoms with van der Waals surface area (Å²) in [6.07, 6.45) is 5.83. The fourth-order valence-corrected chi connectivity index (χ4v) is 4.75. The van der Waals surface area contributed by atoms with Crippen LogP contribution in [0.15, 0.2) is 35.1 Å². The van der Waals surface area contributed by atoms with Gasteiger partial charge in [0.05, 0.1) is 13.3 Å². The second-order valence-corrected chi connectivity index (χ2v) is 8.03. The number of hydrogen-bond donors (Lipinski definition) is 0. The number of fused-ring (bicyclic) bond motifs is 1. The van der Waals surface area contributed by atoms with Crippen LogP contribution < -0.4 is 10.5 Å². The monoisotopic (exact) mass is 366 g/mol. The minimum absolute atomic E-state index is 0.120. The van der Waals surface area contributed by atoms with Gasteiger partial charge >= 0.3 is 0 Å². The number of benzene rings is 1. The van der Waals surface area contributed by atoms with Crippen LogP contribution in [-0.4, -0.2) is 27.2 Å². The topological polar surface area (TPSA) is 41.4 Å². The molecule has 2 aliphatic rings. The number of rotatable bonds is 3. The minimum Gasteiger partial charge on any atom is -0.298 e. The summed E-state index contributed by atoms with van der Waals surface area (Å²) < 4.78 is 1.89. The molecule has 0 bridgehead atoms. The Morgan fingerprint density at radius 2 is 1.85 bits per heavy atom. The van der Waals surface area contributed by atoms with Crippen LogP contribution in [-0.2, 0) is 13.1 Å². The van der Waals surface area contributed by atoms with E-state index in [1.807, 2.05) is 36.6 Å². The molecule has 0 N–H and O–H groups in total. The third-order valence-electron chi connectivity index (χ3n) is 6.29. The van der Waals surface area contributed by atoms with E-state index in [2.05, 4.69) is 28.9 Å². The van der Waals surface area contributed by atoms with Crippen molar-refractivity contribution in [3.8, 4) is 0 Å². The van der Waals surface area contributed by atoms with Gasteiger partial charge in [0.1, 0.15) is 0 Å². The van der Waals surface area contributed by atoms with E-state index in [0.717, 1.165) is 36.0 Å². The molecule has 5 heteroatoms. The van der Waals surface area contributed by atoms with Gasteiger partial charge < -0.3 is 0 Å². The normalized spacial score (nSPS) is 23.3. The smallest absolute Gasteiger partial charge is 0.259 e. The van der Waals surface area contributed by atoms with Gasteiger partial charge in [-0.1, -0.05) is 44.9 Å². The average molecular weight is 367 g/mol. The fourth-order valence-electron chi connectivity index (χ4n) is 4.75. The summed E-state index contributed by atoms with van der Waals surface area (Å²) in [5.74, 6) is 1.44. The van der Waals surface area contributed by atoms with E-state index in [1.54, 1.807) is 0 Å². The molecule has 144 valence electrons. The molecule has 1 fully saturated rings. The largest absolute Gasteiger partial charge is 0.298 e. The van der Waals surface area contributed by atoms with E-state index in [4.69, 9.17) is 4.98 Å². The number of aryl methyl sites for hydroxylation is 1. The molecule has 2 aromatic rings. The van der Waals surface area contributed by atoms with Crippen LogP contribution >= 0.6 is 0 Å². The molecule has 1 aliphatic heterocycles. The molecule has 0 amide bonds. The highest BCUT2D eigenvalue weighted by atomic mass is 16.1. The van der Waals surface area contributed by atoms with Crippen molar-refractivity contribution in [3.05, 3.63) is 51.9 Å². The Morgan fingerprint density at radius 1 is 1.11 bits per heavy atom. The molecular weight excluding hydrogens is 336 g/mol. The molecule has 5 nitrogen and oxygen atoms in total. The minimum atomic E-state index is 0.120. The second-order valence-electron chi connectivity index (χ2n) is 8.03. The summed E-state index contributed by atoms with van der Waals surface area (Å²) in [5, 5.41) is 0. The third-order valence-corrected chi connectivity index (χ3v) is 6.29. The van der Waals surface area contributed by atoms with Crippen LogP contribution in [0.4, 0.5) is 11.6 Å². The van der Waals surface area contributed by atoms with E-state index < -0.39 is 0 Å². The number of hydrogen-bond acceptors (Lipinski definition) is 4. The Bertz CT molecular complexity index is 861. The fraction of sp³-hybridized carbons (Fsp3) is 0.545. The average Bonchev–Trinajstić information content (AvgIpc) is 2.69. The second kappa shape index (κ2) is 7.47. The Morgan fingerprint density at radius 3 is 2.56 bits per heavy atom. The molecule has 1 aliphatic carbocycles. The van der Waals surface area contributed by atoms with Gasteiger partial charge in [0.15, 0.2) is 0 Å². The van der Waals surface area contributed by atoms with Crippen molar-refractivity contribution in [2.24, 2.45) is 5.92 Å². The molecule has 1 saturated carbocycles. The van der Waals surface area contributed by atoms with E-state index in [1.165, 1.54) is 25.7 Å². The predicted octanol–water partition coefficient (Wildman–Crippen LogP) is 4.06. The number of anilines is 2. The van der Waals surface area contributed by atoms with Crippen molar-refractivity contribution < 1.29 is 0 Å². The maximum Gasteiger partial charge on any atom is 0.259 e. The molecule has 0 spiro atoms. The summed E-state index contributed by atoms with van der Waals surface area (Å²) in [6.45, 7) is 7.79. The van der Waals surface area contributed by atoms with Crippen LogP contribution in [0.5, 0.6) is 0 Å². The molecule has 1 aromatic carbocycles. The van der Waals surface area contributed by atoms with Gasteiger partial charge in [-0.25, -0.2) is 4.98 Å². The Balaban J connectivity index is 1.81. The van der Waals surface area contributed by atoms with Gasteiger partial charge in [0.25, 0.3) is 5.56 Å². The highest BCUT2D eigenvalue weighted by molar-refractivity contribution is 5.58. The molecule has 0 saturated heterocycles. The first-order valence-corrected chi connectivity index (χ1v) is 10.3. The maximum atomic E-state index is 13.2. The lowest BCUT2D eigenvalue weighted by molar-refractivity contribution is 0.0723. The summed E-state index contributed by atoms with van der Waals surface area (Å²) in [4.78, 5) is 22.8. The van der Waals surface area contributed by atoms with Gasteiger partial charge in [-0.05, 0) is 44.2 Å². The Labute approximate surface area is 161 Å². The van der Waals surface area contributed by atoms with Gasteiger partial charge in [-0.3, -0.25) is 19.2 Å². The zero-order valence-electron chi connectivity index (χ0n) is 16.7. The van der Waals surface area contributed by atoms with Crippen LogP contribution in [0.2, 0.25) is 0 Å². The van der Waals surface area contributed by atoms with Crippen LogP contribution in [0.25, 0.3) is 0 Å². The molecule has 2 heterocycles. The molecule has 1 aromatic heterocycles. The predicted molar refractivity (Wildman–Crippen MR) is 109 cm³/mol. The quantitative estimate of drug-likeness (QED) is 0.821. The highest BCUT2D eigenvalue weighted by Crippen LogP contribution is 2.33. The number of aromatic nitrogens is 2. The first-order chi connectivity index (χ1) is 13.1. The van der Waals surface area contributed by atoms with Crippen molar-refractivity contribution in [2.75, 3.05) is 11.6 Å². The first-order valence-electron chi connectivity index (χ1n) is 10.3. The van der Waals surface area contributed by atoms with Crippen molar-refractivity contribution in [3.63, 3.8) is 0 Å². The lowest BCUT2D eigenvalue weighted by Crippen LogP contribution is -2.53. The van der Waals surface area contributed by atoms with E-state index in [0.29, 0.717) is 18.6 Å². The SMILES string of the molecule is CCc1c(C)nc2n(c1=O)CN(C1CCCCC1C)CN2c1ccccc1. The maximum absolute atomic E-state index is 13.2. The van der Waals surface area contributed by atoms with E-state index in [-0.39, 0.29) is 5.56 Å². The van der Waals surface area contributed by atoms with Crippen molar-refractivity contribution in [1.82, 2.24) is 14.5 Å². The van der Waals surface area contributed by atoms with Crippen molar-refractivity contribution in [1.29, 1.82) is 0 Å². The summed E-state index contributed by atoms with van der Waals surface area (Å²) in [7, 11) is 0. The van der Waals surface area contributed by atoms with Gasteiger partial charge in [-0.15, -0.1) is 0 Å². The zero-order chi connectivity index (χ0) is 19.0. The van der Waals surface area contributed by atoms with Gasteiger partial charge in [-0.2, -0.15) is 0 Å². The van der Waals surface area contributed by atoms with E-state index in [9.17, 15) is 4.79 Å². The molecule has 2 unspecified atom stereocenters. The van der Waals surface area contributed by atoms with E-state index >= 15 is 0 Å². The van der Waals surface area contributed by atoms with Crippen molar-refractivity contribution in [2.45, 2.75) is 65.6 Å². The highest BCUT2D eigenvalue weighted by Gasteiger charge is 2.34. The van der Waals surface area contributed by atoms with Crippen LogP contribution in [0.1, 0.15) is 50.8 Å². The lowest BCUT2D eigenvalue weighted by Gasteiger charge is -2.45. The van der Waals surface area contributed by atoms with Gasteiger partial charge in [0.2, 0.25) is 5.95 Å². The Hall–Kier alpha value is -2.14. The van der Waals surface area contributed by atoms with Crippen LogP contribution in [0.3, 0.4) is 0 Å². The molecule has 2 atom stereocenters. The number of para-hydroxylation sites is 1. The molecule has 4 rings (SSSR count). The van der Waals surface area contributed by atoms with Crippen LogP contribution in [0, 0.1) is 12.8 Å². The molecule has 27 heavy (non-hydrogen) atoms. The molecular formula is C22H30N4O. The number of nitrogens with zero attached hydrogens (tertiary/aromatic N) is 4. The zero-order valence-corrected chi connectivity index (χ0v) is 16.7. The summed E-state index contributed by atoms with van der Waals surface area (Å²) >= 11 is 0. The third kappa shape index (κ3) is 3.29. The summed E-state index contributed by atoms with van der Waals surface area (Å²) in [5.41, 5.74) is 2.91.